The molecule has 0 aliphatic rings. The highest BCUT2D eigenvalue weighted by molar-refractivity contribution is 5.81. The first kappa shape index (κ1) is 12.8. The van der Waals surface area contributed by atoms with Crippen LogP contribution in [0.25, 0.3) is 10.9 Å². The zero-order chi connectivity index (χ0) is 13.0. The monoisotopic (exact) mass is 245 g/mol. The molecule has 0 fully saturated rings. The summed E-state index contributed by atoms with van der Waals surface area (Å²) in [5.74, 6) is 0. The van der Waals surface area contributed by atoms with Gasteiger partial charge in [0, 0.05) is 36.9 Å². The summed E-state index contributed by atoms with van der Waals surface area (Å²) in [5, 5.41) is 0.990. The molecule has 0 saturated carbocycles. The third-order valence-electron chi connectivity index (χ3n) is 3.16. The van der Waals surface area contributed by atoms with Crippen molar-refractivity contribution in [3.8, 4) is 0 Å². The van der Waals surface area contributed by atoms with Gasteiger partial charge in [0.15, 0.2) is 0 Å². The SMILES string of the molecule is COCCCC(N)(C=O)c1ccc2[c]c[nH]c2c1. The number of hydrogen-bond donors (Lipinski definition) is 2. The lowest BCUT2D eigenvalue weighted by Gasteiger charge is -2.23. The summed E-state index contributed by atoms with van der Waals surface area (Å²) in [6.45, 7) is 0.602. The summed E-state index contributed by atoms with van der Waals surface area (Å²) in [4.78, 5) is 14.4. The van der Waals surface area contributed by atoms with E-state index >= 15 is 0 Å². The van der Waals surface area contributed by atoms with E-state index in [9.17, 15) is 4.79 Å². The fourth-order valence-electron chi connectivity index (χ4n) is 2.05. The van der Waals surface area contributed by atoms with Crippen LogP contribution in [-0.2, 0) is 15.1 Å². The molecule has 1 aromatic heterocycles. The fraction of sp³-hybridized carbons (Fsp3) is 0.357. The number of aldehydes is 1. The van der Waals surface area contributed by atoms with Crippen LogP contribution in [0.15, 0.2) is 24.4 Å². The second kappa shape index (κ2) is 5.33. The van der Waals surface area contributed by atoms with E-state index in [2.05, 4.69) is 11.1 Å². The molecular weight excluding hydrogens is 228 g/mol. The topological polar surface area (TPSA) is 68.1 Å². The molecule has 4 heteroatoms. The Kier molecular flexibility index (Phi) is 3.79. The molecule has 2 rings (SSSR count). The number of methoxy groups -OCH3 is 1. The van der Waals surface area contributed by atoms with Gasteiger partial charge in [0.05, 0.1) is 5.54 Å². The van der Waals surface area contributed by atoms with Crippen LogP contribution < -0.4 is 5.73 Å². The van der Waals surface area contributed by atoms with Crippen molar-refractivity contribution in [2.75, 3.05) is 13.7 Å². The molecule has 1 aromatic carbocycles. The van der Waals surface area contributed by atoms with Crippen LogP contribution in [0.2, 0.25) is 0 Å². The van der Waals surface area contributed by atoms with Crippen molar-refractivity contribution in [3.05, 3.63) is 36.0 Å². The number of fused-ring (bicyclic) bond motifs is 1. The maximum absolute atomic E-state index is 11.3. The number of rotatable bonds is 6. The lowest BCUT2D eigenvalue weighted by molar-refractivity contribution is -0.112. The largest absolute Gasteiger partial charge is 0.385 e. The maximum Gasteiger partial charge on any atom is 0.144 e. The van der Waals surface area contributed by atoms with Gasteiger partial charge in [0.1, 0.15) is 6.29 Å². The number of nitrogens with one attached hydrogen (secondary N) is 1. The Labute approximate surface area is 106 Å². The zero-order valence-corrected chi connectivity index (χ0v) is 10.4. The van der Waals surface area contributed by atoms with Gasteiger partial charge in [-0.1, -0.05) is 12.1 Å². The van der Waals surface area contributed by atoms with Crippen molar-refractivity contribution in [2.24, 2.45) is 5.73 Å². The standard InChI is InChI=1S/C14H17N2O2/c1-18-8-2-6-14(15,10-17)12-4-3-11-5-7-16-13(11)9-12/h3-4,7,9-10,16H,2,6,8,15H2,1H3. The van der Waals surface area contributed by atoms with Gasteiger partial charge in [0.25, 0.3) is 0 Å². The molecular formula is C14H17N2O2. The van der Waals surface area contributed by atoms with E-state index in [4.69, 9.17) is 10.5 Å². The molecule has 2 aromatic rings. The second-order valence-electron chi connectivity index (χ2n) is 4.45. The first-order valence-corrected chi connectivity index (χ1v) is 5.93. The average Bonchev–Trinajstić information content (AvgIpc) is 2.86. The van der Waals surface area contributed by atoms with Crippen molar-refractivity contribution in [1.29, 1.82) is 0 Å². The van der Waals surface area contributed by atoms with E-state index < -0.39 is 5.54 Å². The summed E-state index contributed by atoms with van der Waals surface area (Å²) in [5.41, 5.74) is 6.98. The normalized spacial score (nSPS) is 14.6. The minimum Gasteiger partial charge on any atom is -0.385 e. The summed E-state index contributed by atoms with van der Waals surface area (Å²) >= 11 is 0. The molecule has 3 N–H and O–H groups in total. The van der Waals surface area contributed by atoms with Crippen molar-refractivity contribution in [2.45, 2.75) is 18.4 Å². The van der Waals surface area contributed by atoms with Crippen LogP contribution in [0.4, 0.5) is 0 Å². The summed E-state index contributed by atoms with van der Waals surface area (Å²) in [7, 11) is 1.64. The number of H-pyrrole nitrogens is 1. The van der Waals surface area contributed by atoms with Crippen molar-refractivity contribution in [3.63, 3.8) is 0 Å². The molecule has 1 unspecified atom stereocenters. The highest BCUT2D eigenvalue weighted by Crippen LogP contribution is 2.25. The van der Waals surface area contributed by atoms with Crippen molar-refractivity contribution >= 4 is 17.2 Å². The Morgan fingerprint density at radius 3 is 3.11 bits per heavy atom. The number of carbonyl (C=O) groups is 1. The predicted octanol–water partition coefficient (Wildman–Crippen LogP) is 1.75. The van der Waals surface area contributed by atoms with Crippen LogP contribution in [-0.4, -0.2) is 25.0 Å². The molecule has 1 heterocycles. The van der Waals surface area contributed by atoms with Gasteiger partial charge in [0.2, 0.25) is 0 Å². The number of aromatic nitrogens is 1. The summed E-state index contributed by atoms with van der Waals surface area (Å²) in [6.07, 6.45) is 3.88. The van der Waals surface area contributed by atoms with Gasteiger partial charge in [-0.25, -0.2) is 0 Å². The zero-order valence-electron chi connectivity index (χ0n) is 10.4. The molecule has 1 atom stereocenters. The van der Waals surface area contributed by atoms with E-state index in [-0.39, 0.29) is 0 Å². The van der Waals surface area contributed by atoms with Crippen LogP contribution in [0, 0.1) is 6.07 Å². The minimum atomic E-state index is -0.947. The maximum atomic E-state index is 11.3. The molecule has 0 aliphatic carbocycles. The first-order valence-electron chi connectivity index (χ1n) is 5.93. The van der Waals surface area contributed by atoms with Gasteiger partial charge >= 0.3 is 0 Å². The number of aromatic amines is 1. The summed E-state index contributed by atoms with van der Waals surface area (Å²) < 4.78 is 4.99. The molecule has 1 radical (unpaired) electrons. The quantitative estimate of drug-likeness (QED) is 0.601. The minimum absolute atomic E-state index is 0.570. The molecule has 0 saturated heterocycles. The third kappa shape index (κ3) is 2.44. The van der Waals surface area contributed by atoms with Gasteiger partial charge < -0.3 is 20.2 Å². The van der Waals surface area contributed by atoms with E-state index in [0.29, 0.717) is 13.0 Å². The smallest absolute Gasteiger partial charge is 0.144 e. The average molecular weight is 245 g/mol. The number of hydrogen-bond acceptors (Lipinski definition) is 3. The Hall–Kier alpha value is -1.65. The predicted molar refractivity (Wildman–Crippen MR) is 70.2 cm³/mol. The van der Waals surface area contributed by atoms with Gasteiger partial charge in [-0.05, 0) is 24.5 Å². The Morgan fingerprint density at radius 1 is 1.56 bits per heavy atom. The number of ether oxygens (including phenoxy) is 1. The number of benzene rings is 1. The molecule has 4 nitrogen and oxygen atoms in total. The van der Waals surface area contributed by atoms with Crippen molar-refractivity contribution in [1.82, 2.24) is 4.98 Å². The van der Waals surface area contributed by atoms with Gasteiger partial charge in [-0.2, -0.15) is 0 Å². The third-order valence-corrected chi connectivity index (χ3v) is 3.16. The van der Waals surface area contributed by atoms with Crippen LogP contribution in [0.3, 0.4) is 0 Å². The second-order valence-corrected chi connectivity index (χ2v) is 4.45. The highest BCUT2D eigenvalue weighted by Gasteiger charge is 2.26. The fourth-order valence-corrected chi connectivity index (χ4v) is 2.05. The van der Waals surface area contributed by atoms with E-state index in [0.717, 1.165) is 29.2 Å². The number of nitrogens with two attached hydrogens (primary N) is 1. The van der Waals surface area contributed by atoms with Gasteiger partial charge in [-0.15, -0.1) is 0 Å². The van der Waals surface area contributed by atoms with Crippen LogP contribution in [0.5, 0.6) is 0 Å². The highest BCUT2D eigenvalue weighted by atomic mass is 16.5. The lowest BCUT2D eigenvalue weighted by atomic mass is 9.87. The molecule has 0 amide bonds. The number of carbonyl (C=O) groups excluding carboxylic acids is 1. The van der Waals surface area contributed by atoms with Crippen LogP contribution in [0.1, 0.15) is 18.4 Å². The summed E-state index contributed by atoms with van der Waals surface area (Å²) in [6, 6.07) is 8.78. The molecule has 18 heavy (non-hydrogen) atoms. The van der Waals surface area contributed by atoms with E-state index in [1.165, 1.54) is 0 Å². The molecule has 0 bridgehead atoms. The Morgan fingerprint density at radius 2 is 2.39 bits per heavy atom. The van der Waals surface area contributed by atoms with E-state index in [1.54, 1.807) is 13.3 Å². The van der Waals surface area contributed by atoms with E-state index in [1.807, 2.05) is 18.2 Å². The molecule has 0 spiro atoms. The molecule has 0 aliphatic heterocycles. The first-order chi connectivity index (χ1) is 8.69. The van der Waals surface area contributed by atoms with Gasteiger partial charge in [-0.3, -0.25) is 0 Å². The van der Waals surface area contributed by atoms with Crippen LogP contribution >= 0.6 is 0 Å². The Bertz CT molecular complexity index is 535. The Balaban J connectivity index is 2.27. The molecule has 95 valence electrons. The lowest BCUT2D eigenvalue weighted by Crippen LogP contribution is -2.38. The van der Waals surface area contributed by atoms with Crippen molar-refractivity contribution < 1.29 is 9.53 Å².